The molecule has 1 saturated heterocycles. The highest BCUT2D eigenvalue weighted by molar-refractivity contribution is 5.79. The van der Waals surface area contributed by atoms with Crippen LogP contribution in [0.2, 0.25) is 0 Å². The molecule has 1 aromatic carbocycles. The average molecular weight is 233 g/mol. The van der Waals surface area contributed by atoms with Crippen molar-refractivity contribution in [1.29, 1.82) is 0 Å². The third-order valence-electron chi connectivity index (χ3n) is 3.20. The van der Waals surface area contributed by atoms with Gasteiger partial charge in [0.15, 0.2) is 0 Å². The Balaban J connectivity index is 2.02. The van der Waals surface area contributed by atoms with Gasteiger partial charge in [-0.05, 0) is 25.0 Å². The van der Waals surface area contributed by atoms with E-state index in [9.17, 15) is 4.79 Å². The molecule has 1 fully saturated rings. The summed E-state index contributed by atoms with van der Waals surface area (Å²) in [5.74, 6) is 0.209. The van der Waals surface area contributed by atoms with Crippen molar-refractivity contribution in [3.05, 3.63) is 34.9 Å². The van der Waals surface area contributed by atoms with Crippen LogP contribution in [0.1, 0.15) is 16.7 Å². The lowest BCUT2D eigenvalue weighted by molar-refractivity contribution is -0.134. The molecule has 0 atom stereocenters. The minimum absolute atomic E-state index is 0.209. The number of carbonyl (C=O) groups is 1. The van der Waals surface area contributed by atoms with Crippen LogP contribution in [0.5, 0.6) is 0 Å². The van der Waals surface area contributed by atoms with Crippen LogP contribution < -0.4 is 0 Å². The Labute approximate surface area is 102 Å². The fourth-order valence-corrected chi connectivity index (χ4v) is 2.13. The summed E-state index contributed by atoms with van der Waals surface area (Å²) in [6.45, 7) is 6.92. The lowest BCUT2D eigenvalue weighted by Crippen LogP contribution is -2.41. The van der Waals surface area contributed by atoms with Crippen molar-refractivity contribution in [3.63, 3.8) is 0 Å². The molecular weight excluding hydrogens is 214 g/mol. The predicted octanol–water partition coefficient (Wildman–Crippen LogP) is 1.70. The van der Waals surface area contributed by atoms with E-state index in [1.165, 1.54) is 11.1 Å². The summed E-state index contributed by atoms with van der Waals surface area (Å²) in [7, 11) is 0. The number of ether oxygens (including phenoxy) is 1. The molecule has 3 heteroatoms. The van der Waals surface area contributed by atoms with Crippen molar-refractivity contribution in [3.8, 4) is 0 Å². The first-order chi connectivity index (χ1) is 8.16. The summed E-state index contributed by atoms with van der Waals surface area (Å²) in [6.07, 6.45) is 0.506. The Morgan fingerprint density at radius 1 is 1.29 bits per heavy atom. The summed E-state index contributed by atoms with van der Waals surface area (Å²) in [4.78, 5) is 14.0. The van der Waals surface area contributed by atoms with Gasteiger partial charge in [-0.15, -0.1) is 0 Å². The summed E-state index contributed by atoms with van der Waals surface area (Å²) >= 11 is 0. The van der Waals surface area contributed by atoms with Gasteiger partial charge < -0.3 is 9.64 Å². The zero-order valence-corrected chi connectivity index (χ0v) is 10.5. The highest BCUT2D eigenvalue weighted by atomic mass is 16.5. The van der Waals surface area contributed by atoms with Gasteiger partial charge in [0, 0.05) is 13.1 Å². The number of benzene rings is 1. The molecule has 17 heavy (non-hydrogen) atoms. The van der Waals surface area contributed by atoms with Crippen molar-refractivity contribution in [2.24, 2.45) is 0 Å². The topological polar surface area (TPSA) is 29.5 Å². The van der Waals surface area contributed by atoms with Crippen LogP contribution in [-0.4, -0.2) is 37.1 Å². The number of aryl methyl sites for hydroxylation is 2. The second-order valence-corrected chi connectivity index (χ2v) is 4.60. The lowest BCUT2D eigenvalue weighted by atomic mass is 10.0. The quantitative estimate of drug-likeness (QED) is 0.778. The van der Waals surface area contributed by atoms with Crippen LogP contribution in [-0.2, 0) is 16.0 Å². The number of rotatable bonds is 2. The first kappa shape index (κ1) is 12.1. The van der Waals surface area contributed by atoms with Crippen molar-refractivity contribution < 1.29 is 9.53 Å². The average Bonchev–Trinajstić information content (AvgIpc) is 2.34. The normalized spacial score (nSPS) is 16.0. The van der Waals surface area contributed by atoms with Gasteiger partial charge in [0.25, 0.3) is 0 Å². The van der Waals surface area contributed by atoms with Gasteiger partial charge in [0.05, 0.1) is 19.6 Å². The highest BCUT2D eigenvalue weighted by Crippen LogP contribution is 2.12. The standard InChI is InChI=1S/C14H19NO2/c1-11-3-4-13(12(2)9-11)10-14(16)15-5-7-17-8-6-15/h3-4,9H,5-8,10H2,1-2H3. The van der Waals surface area contributed by atoms with Crippen LogP contribution >= 0.6 is 0 Å². The summed E-state index contributed by atoms with van der Waals surface area (Å²) in [6, 6.07) is 6.25. The van der Waals surface area contributed by atoms with E-state index in [0.29, 0.717) is 19.6 Å². The number of carbonyl (C=O) groups excluding carboxylic acids is 1. The molecule has 1 aromatic rings. The van der Waals surface area contributed by atoms with Crippen LogP contribution in [0.15, 0.2) is 18.2 Å². The maximum absolute atomic E-state index is 12.1. The van der Waals surface area contributed by atoms with E-state index in [4.69, 9.17) is 4.74 Å². The Morgan fingerprint density at radius 2 is 2.00 bits per heavy atom. The van der Waals surface area contributed by atoms with Gasteiger partial charge in [-0.2, -0.15) is 0 Å². The molecule has 0 radical (unpaired) electrons. The Hall–Kier alpha value is -1.35. The van der Waals surface area contributed by atoms with E-state index in [0.717, 1.165) is 18.7 Å². The monoisotopic (exact) mass is 233 g/mol. The molecule has 1 aliphatic rings. The Kier molecular flexibility index (Phi) is 3.79. The minimum atomic E-state index is 0.209. The molecule has 0 unspecified atom stereocenters. The molecule has 0 bridgehead atoms. The van der Waals surface area contributed by atoms with Gasteiger partial charge in [0.1, 0.15) is 0 Å². The van der Waals surface area contributed by atoms with Gasteiger partial charge in [-0.3, -0.25) is 4.79 Å². The van der Waals surface area contributed by atoms with Crippen LogP contribution in [0.25, 0.3) is 0 Å². The number of hydrogen-bond donors (Lipinski definition) is 0. The van der Waals surface area contributed by atoms with Crippen molar-refractivity contribution in [1.82, 2.24) is 4.90 Å². The van der Waals surface area contributed by atoms with Crippen LogP contribution in [0.4, 0.5) is 0 Å². The predicted molar refractivity (Wildman–Crippen MR) is 67.0 cm³/mol. The van der Waals surface area contributed by atoms with E-state index in [2.05, 4.69) is 32.0 Å². The molecule has 92 valence electrons. The van der Waals surface area contributed by atoms with Gasteiger partial charge in [-0.25, -0.2) is 0 Å². The van der Waals surface area contributed by atoms with E-state index in [-0.39, 0.29) is 5.91 Å². The third-order valence-corrected chi connectivity index (χ3v) is 3.20. The molecule has 0 saturated carbocycles. The number of morpholine rings is 1. The molecule has 1 aliphatic heterocycles. The Morgan fingerprint density at radius 3 is 2.65 bits per heavy atom. The molecule has 3 nitrogen and oxygen atoms in total. The summed E-state index contributed by atoms with van der Waals surface area (Å²) in [5.41, 5.74) is 3.57. The number of nitrogens with zero attached hydrogens (tertiary/aromatic N) is 1. The van der Waals surface area contributed by atoms with Crippen LogP contribution in [0.3, 0.4) is 0 Å². The molecule has 1 amide bonds. The highest BCUT2D eigenvalue weighted by Gasteiger charge is 2.17. The fourth-order valence-electron chi connectivity index (χ4n) is 2.13. The summed E-state index contributed by atoms with van der Waals surface area (Å²) in [5, 5.41) is 0. The summed E-state index contributed by atoms with van der Waals surface area (Å²) < 4.78 is 5.25. The van der Waals surface area contributed by atoms with E-state index in [1.807, 2.05) is 4.90 Å². The van der Waals surface area contributed by atoms with Crippen LogP contribution in [0, 0.1) is 13.8 Å². The Bertz CT molecular complexity index is 409. The zero-order valence-electron chi connectivity index (χ0n) is 10.5. The molecule has 1 heterocycles. The van der Waals surface area contributed by atoms with E-state index < -0.39 is 0 Å². The first-order valence-corrected chi connectivity index (χ1v) is 6.08. The molecule has 0 aromatic heterocycles. The molecule has 0 spiro atoms. The van der Waals surface area contributed by atoms with Gasteiger partial charge in [0.2, 0.25) is 5.91 Å². The van der Waals surface area contributed by atoms with Gasteiger partial charge in [-0.1, -0.05) is 23.8 Å². The van der Waals surface area contributed by atoms with Crippen molar-refractivity contribution >= 4 is 5.91 Å². The number of amides is 1. The second kappa shape index (κ2) is 5.32. The third kappa shape index (κ3) is 3.07. The number of hydrogen-bond acceptors (Lipinski definition) is 2. The molecule has 2 rings (SSSR count). The maximum Gasteiger partial charge on any atom is 0.227 e. The first-order valence-electron chi connectivity index (χ1n) is 6.08. The smallest absolute Gasteiger partial charge is 0.227 e. The van der Waals surface area contributed by atoms with E-state index >= 15 is 0 Å². The molecule has 0 aliphatic carbocycles. The second-order valence-electron chi connectivity index (χ2n) is 4.60. The molecule has 0 N–H and O–H groups in total. The van der Waals surface area contributed by atoms with Crippen molar-refractivity contribution in [2.75, 3.05) is 26.3 Å². The maximum atomic E-state index is 12.1. The zero-order chi connectivity index (χ0) is 12.3. The molecular formula is C14H19NO2. The fraction of sp³-hybridized carbons (Fsp3) is 0.500. The van der Waals surface area contributed by atoms with Crippen molar-refractivity contribution in [2.45, 2.75) is 20.3 Å². The van der Waals surface area contributed by atoms with Gasteiger partial charge >= 0.3 is 0 Å². The largest absolute Gasteiger partial charge is 0.378 e. The lowest BCUT2D eigenvalue weighted by Gasteiger charge is -2.27. The SMILES string of the molecule is Cc1ccc(CC(=O)N2CCOCC2)c(C)c1. The van der Waals surface area contributed by atoms with E-state index in [1.54, 1.807) is 0 Å². The minimum Gasteiger partial charge on any atom is -0.378 e.